The highest BCUT2D eigenvalue weighted by molar-refractivity contribution is 7.89. The number of esters is 1. The maximum absolute atomic E-state index is 12.8. The summed E-state index contributed by atoms with van der Waals surface area (Å²) in [6.07, 6.45) is 0.408. The number of nitrogens with zero attached hydrogens (tertiary/aromatic N) is 1. The number of quaternary nitrogens is 1. The van der Waals surface area contributed by atoms with Gasteiger partial charge in [0.1, 0.15) is 6.04 Å². The first-order chi connectivity index (χ1) is 10.7. The zero-order valence-corrected chi connectivity index (χ0v) is 16.2. The Morgan fingerprint density at radius 1 is 1.25 bits per heavy atom. The first-order valence-corrected chi connectivity index (χ1v) is 9.20. The van der Waals surface area contributed by atoms with Gasteiger partial charge < -0.3 is 22.9 Å². The molecule has 0 aromatic heterocycles. The molecule has 8 heteroatoms. The second-order valence-corrected chi connectivity index (χ2v) is 7.81. The molecule has 1 rings (SSSR count). The lowest BCUT2D eigenvalue weighted by Gasteiger charge is -2.27. The number of benzene rings is 1. The fourth-order valence-electron chi connectivity index (χ4n) is 2.24. The van der Waals surface area contributed by atoms with Crippen molar-refractivity contribution < 1.29 is 36.1 Å². The summed E-state index contributed by atoms with van der Waals surface area (Å²) in [6.45, 7) is 6.40. The highest BCUT2D eigenvalue weighted by Gasteiger charge is 2.34. The van der Waals surface area contributed by atoms with E-state index in [4.69, 9.17) is 4.74 Å². The minimum absolute atomic E-state index is 0. The molecule has 1 aromatic rings. The Kier molecular flexibility index (Phi) is 9.50. The molecule has 0 aliphatic heterocycles. The van der Waals surface area contributed by atoms with Crippen LogP contribution < -0.4 is 18.1 Å². The average Bonchev–Trinajstić information content (AvgIpc) is 2.52. The van der Waals surface area contributed by atoms with Gasteiger partial charge in [-0.05, 0) is 31.4 Å². The van der Waals surface area contributed by atoms with E-state index in [9.17, 15) is 13.2 Å². The van der Waals surface area contributed by atoms with Crippen molar-refractivity contribution in [2.75, 3.05) is 13.7 Å². The Hall–Kier alpha value is -1.15. The summed E-state index contributed by atoms with van der Waals surface area (Å²) in [5.74, 6) is -0.350. The van der Waals surface area contributed by atoms with Gasteiger partial charge in [-0.25, -0.2) is 8.42 Å². The van der Waals surface area contributed by atoms with Gasteiger partial charge in [-0.2, -0.15) is 4.31 Å². The summed E-state index contributed by atoms with van der Waals surface area (Å²) in [5.41, 5.74) is 4.72. The van der Waals surface area contributed by atoms with Crippen LogP contribution in [0.25, 0.3) is 0 Å². The molecule has 0 aliphatic rings. The van der Waals surface area contributed by atoms with Gasteiger partial charge in [0.05, 0.1) is 18.0 Å². The van der Waals surface area contributed by atoms with Crippen LogP contribution in [-0.2, 0) is 26.1 Å². The monoisotopic (exact) mass is 378 g/mol. The lowest BCUT2D eigenvalue weighted by Crippen LogP contribution is -3.00. The molecule has 0 spiro atoms. The Labute approximate surface area is 150 Å². The number of ether oxygens (including phenoxy) is 1. The number of hydrogen-bond acceptors (Lipinski definition) is 4. The van der Waals surface area contributed by atoms with Gasteiger partial charge in [-0.3, -0.25) is 4.79 Å². The summed E-state index contributed by atoms with van der Waals surface area (Å²) >= 11 is 0. The molecular formula is C16H27ClN2O4S. The van der Waals surface area contributed by atoms with Crippen LogP contribution in [0.15, 0.2) is 29.2 Å². The maximum atomic E-state index is 12.8. The zero-order chi connectivity index (χ0) is 17.6. The van der Waals surface area contributed by atoms with Crippen molar-refractivity contribution in [2.45, 2.75) is 44.7 Å². The van der Waals surface area contributed by atoms with Crippen molar-refractivity contribution in [1.82, 2.24) is 4.31 Å². The smallest absolute Gasteiger partial charge is 0.324 e. The predicted molar refractivity (Wildman–Crippen MR) is 87.9 cm³/mol. The fraction of sp³-hybridized carbons (Fsp3) is 0.562. The van der Waals surface area contributed by atoms with Crippen LogP contribution in [0.5, 0.6) is 0 Å². The van der Waals surface area contributed by atoms with Crippen LogP contribution in [0.1, 0.15) is 32.8 Å². The van der Waals surface area contributed by atoms with E-state index in [1.165, 1.54) is 7.05 Å². The SMILES string of the molecule is CCOC(=O)C(CC(C)C)N(C)S(=O)(=O)c1ccc(C[NH3+])cc1.[Cl-]. The molecule has 1 unspecified atom stereocenters. The molecule has 0 amide bonds. The number of rotatable bonds is 8. The summed E-state index contributed by atoms with van der Waals surface area (Å²) in [4.78, 5) is 12.3. The highest BCUT2D eigenvalue weighted by atomic mass is 35.5. The average molecular weight is 379 g/mol. The normalized spacial score (nSPS) is 12.8. The van der Waals surface area contributed by atoms with Crippen LogP contribution in [0.3, 0.4) is 0 Å². The van der Waals surface area contributed by atoms with E-state index in [0.717, 1.165) is 9.87 Å². The highest BCUT2D eigenvalue weighted by Crippen LogP contribution is 2.21. The molecule has 0 radical (unpaired) electrons. The summed E-state index contributed by atoms with van der Waals surface area (Å²) in [5, 5.41) is 0. The van der Waals surface area contributed by atoms with Gasteiger partial charge in [-0.15, -0.1) is 0 Å². The van der Waals surface area contributed by atoms with Crippen molar-refractivity contribution >= 4 is 16.0 Å². The molecule has 24 heavy (non-hydrogen) atoms. The van der Waals surface area contributed by atoms with Crippen molar-refractivity contribution in [3.8, 4) is 0 Å². The van der Waals surface area contributed by atoms with Gasteiger partial charge in [0.2, 0.25) is 10.0 Å². The summed E-state index contributed by atoms with van der Waals surface area (Å²) in [7, 11) is -2.33. The van der Waals surface area contributed by atoms with Gasteiger partial charge in [0, 0.05) is 12.6 Å². The lowest BCUT2D eigenvalue weighted by molar-refractivity contribution is -0.386. The van der Waals surface area contributed by atoms with Crippen molar-refractivity contribution in [1.29, 1.82) is 0 Å². The molecule has 138 valence electrons. The second kappa shape index (κ2) is 9.98. The lowest BCUT2D eigenvalue weighted by atomic mass is 10.0. The quantitative estimate of drug-likeness (QED) is 0.531. The van der Waals surface area contributed by atoms with E-state index in [1.807, 2.05) is 13.8 Å². The number of hydrogen-bond donors (Lipinski definition) is 1. The number of sulfonamides is 1. The van der Waals surface area contributed by atoms with Crippen LogP contribution in [0, 0.1) is 5.92 Å². The third kappa shape index (κ3) is 5.73. The fourth-order valence-corrected chi connectivity index (χ4v) is 3.56. The molecule has 0 heterocycles. The number of likely N-dealkylation sites (N-methyl/N-ethyl adjacent to an activating group) is 1. The Morgan fingerprint density at radius 2 is 1.79 bits per heavy atom. The maximum Gasteiger partial charge on any atom is 0.324 e. The van der Waals surface area contributed by atoms with Crippen molar-refractivity contribution in [3.63, 3.8) is 0 Å². The minimum Gasteiger partial charge on any atom is -1.00 e. The van der Waals surface area contributed by atoms with Gasteiger partial charge in [0.25, 0.3) is 0 Å². The number of halogens is 1. The van der Waals surface area contributed by atoms with E-state index in [2.05, 4.69) is 5.73 Å². The van der Waals surface area contributed by atoms with Gasteiger partial charge >= 0.3 is 5.97 Å². The van der Waals surface area contributed by atoms with E-state index in [0.29, 0.717) is 13.0 Å². The van der Waals surface area contributed by atoms with E-state index in [1.54, 1.807) is 31.2 Å². The first-order valence-electron chi connectivity index (χ1n) is 7.76. The van der Waals surface area contributed by atoms with Gasteiger partial charge in [-0.1, -0.05) is 26.0 Å². The summed E-state index contributed by atoms with van der Waals surface area (Å²) < 4.78 is 31.7. The molecule has 1 aromatic carbocycles. The molecule has 0 saturated heterocycles. The molecule has 3 N–H and O–H groups in total. The standard InChI is InChI=1S/C16H26N2O4S.ClH/c1-5-22-16(19)15(10-12(2)3)18(4)23(20,21)14-8-6-13(11-17)7-9-14;/h6-9,12,15H,5,10-11,17H2,1-4H3;1H. The van der Waals surface area contributed by atoms with E-state index >= 15 is 0 Å². The van der Waals surface area contributed by atoms with Crippen LogP contribution in [-0.4, -0.2) is 38.4 Å². The Morgan fingerprint density at radius 3 is 2.21 bits per heavy atom. The van der Waals surface area contributed by atoms with Crippen molar-refractivity contribution in [3.05, 3.63) is 29.8 Å². The van der Waals surface area contributed by atoms with Crippen LogP contribution in [0.4, 0.5) is 0 Å². The van der Waals surface area contributed by atoms with Crippen LogP contribution >= 0.6 is 0 Å². The number of carbonyl (C=O) groups is 1. The molecule has 0 saturated carbocycles. The molecule has 0 fully saturated rings. The van der Waals surface area contributed by atoms with E-state index in [-0.39, 0.29) is 29.8 Å². The molecular weight excluding hydrogens is 352 g/mol. The van der Waals surface area contributed by atoms with Crippen molar-refractivity contribution in [2.24, 2.45) is 5.92 Å². The Balaban J connectivity index is 0.00000529. The van der Waals surface area contributed by atoms with Crippen LogP contribution in [0.2, 0.25) is 0 Å². The minimum atomic E-state index is -3.76. The number of carbonyl (C=O) groups excluding carboxylic acids is 1. The predicted octanol–water partition coefficient (Wildman–Crippen LogP) is -1.97. The Bertz CT molecular complexity index is 617. The zero-order valence-electron chi connectivity index (χ0n) is 14.7. The largest absolute Gasteiger partial charge is 1.00 e. The second-order valence-electron chi connectivity index (χ2n) is 5.81. The molecule has 0 aliphatic carbocycles. The summed E-state index contributed by atoms with van der Waals surface area (Å²) in [6, 6.07) is 5.73. The third-order valence-corrected chi connectivity index (χ3v) is 5.46. The molecule has 0 bridgehead atoms. The first kappa shape index (κ1) is 22.9. The van der Waals surface area contributed by atoms with Gasteiger partial charge in [0.15, 0.2) is 0 Å². The van der Waals surface area contributed by atoms with E-state index < -0.39 is 22.0 Å². The molecule has 6 nitrogen and oxygen atoms in total. The topological polar surface area (TPSA) is 91.3 Å². The third-order valence-electron chi connectivity index (χ3n) is 3.58. The molecule has 1 atom stereocenters.